The van der Waals surface area contributed by atoms with Gasteiger partial charge in [0.05, 0.1) is 18.6 Å². The van der Waals surface area contributed by atoms with Crippen molar-refractivity contribution in [3.63, 3.8) is 0 Å². The molecule has 4 rings (SSSR count). The summed E-state index contributed by atoms with van der Waals surface area (Å²) in [6.45, 7) is 3.51. The van der Waals surface area contributed by atoms with E-state index in [4.69, 9.17) is 14.0 Å². The minimum atomic E-state index is -0.440. The van der Waals surface area contributed by atoms with Crippen LogP contribution in [0.1, 0.15) is 34.9 Å². The molecule has 0 aliphatic carbocycles. The number of aromatic nitrogens is 3. The molecule has 0 bridgehead atoms. The maximum Gasteiger partial charge on any atom is 0.259 e. The first-order valence-electron chi connectivity index (χ1n) is 8.35. The molecule has 2 fully saturated rings. The highest BCUT2D eigenvalue weighted by Crippen LogP contribution is 2.43. The van der Waals surface area contributed by atoms with E-state index in [0.29, 0.717) is 42.9 Å². The van der Waals surface area contributed by atoms with E-state index in [1.807, 2.05) is 4.90 Å². The van der Waals surface area contributed by atoms with Crippen molar-refractivity contribution in [3.05, 3.63) is 35.6 Å². The normalized spacial score (nSPS) is 25.7. The lowest BCUT2D eigenvalue weighted by molar-refractivity contribution is 0.00811. The van der Waals surface area contributed by atoms with Crippen LogP contribution in [-0.2, 0) is 10.2 Å². The van der Waals surface area contributed by atoms with Crippen molar-refractivity contribution < 1.29 is 18.8 Å². The van der Waals surface area contributed by atoms with E-state index in [9.17, 15) is 4.79 Å². The summed E-state index contributed by atoms with van der Waals surface area (Å²) < 4.78 is 16.6. The Labute approximate surface area is 145 Å². The number of pyridine rings is 1. The second-order valence-corrected chi connectivity index (χ2v) is 6.49. The highest BCUT2D eigenvalue weighted by atomic mass is 16.5. The Hall–Kier alpha value is -2.48. The molecule has 132 valence electrons. The van der Waals surface area contributed by atoms with Gasteiger partial charge in [-0.2, -0.15) is 4.98 Å². The fourth-order valence-corrected chi connectivity index (χ4v) is 3.81. The van der Waals surface area contributed by atoms with Gasteiger partial charge in [0.25, 0.3) is 5.91 Å². The minimum Gasteiger partial charge on any atom is -0.480 e. The van der Waals surface area contributed by atoms with E-state index in [2.05, 4.69) is 15.1 Å². The molecule has 0 saturated carbocycles. The number of nitrogens with zero attached hydrogens (tertiary/aromatic N) is 4. The lowest BCUT2D eigenvalue weighted by Crippen LogP contribution is -2.54. The van der Waals surface area contributed by atoms with Gasteiger partial charge in [0, 0.05) is 25.9 Å². The van der Waals surface area contributed by atoms with Crippen LogP contribution < -0.4 is 4.74 Å². The Morgan fingerprint density at radius 2 is 2.36 bits per heavy atom. The Morgan fingerprint density at radius 3 is 3.12 bits per heavy atom. The van der Waals surface area contributed by atoms with E-state index in [0.717, 1.165) is 12.8 Å². The molecular formula is C17H20N4O4. The molecule has 2 aromatic rings. The van der Waals surface area contributed by atoms with Gasteiger partial charge in [0.15, 0.2) is 5.82 Å². The first-order chi connectivity index (χ1) is 12.1. The molecule has 2 aliphatic heterocycles. The Bertz CT molecular complexity index is 792. The van der Waals surface area contributed by atoms with E-state index in [1.165, 1.54) is 7.11 Å². The third kappa shape index (κ3) is 2.57. The maximum absolute atomic E-state index is 13.0. The molecule has 8 heteroatoms. The molecule has 2 atom stereocenters. The summed E-state index contributed by atoms with van der Waals surface area (Å²) in [5, 5.41) is 3.93. The van der Waals surface area contributed by atoms with Gasteiger partial charge in [0.2, 0.25) is 11.8 Å². The van der Waals surface area contributed by atoms with E-state index in [1.54, 1.807) is 25.3 Å². The molecule has 2 aliphatic rings. The van der Waals surface area contributed by atoms with Crippen LogP contribution in [0.4, 0.5) is 0 Å². The average Bonchev–Trinajstić information content (AvgIpc) is 3.27. The first kappa shape index (κ1) is 16.0. The quantitative estimate of drug-likeness (QED) is 0.830. The number of methoxy groups -OCH3 is 1. The Morgan fingerprint density at radius 1 is 1.48 bits per heavy atom. The van der Waals surface area contributed by atoms with Crippen molar-refractivity contribution in [3.8, 4) is 5.88 Å². The minimum absolute atomic E-state index is 0.00723. The van der Waals surface area contributed by atoms with Crippen molar-refractivity contribution in [2.24, 2.45) is 0 Å². The summed E-state index contributed by atoms with van der Waals surface area (Å²) in [4.78, 5) is 23.4. The Balaban J connectivity index is 1.65. The molecule has 0 unspecified atom stereocenters. The molecule has 0 aromatic carbocycles. The van der Waals surface area contributed by atoms with Crippen LogP contribution in [0.25, 0.3) is 0 Å². The monoisotopic (exact) mass is 344 g/mol. The summed E-state index contributed by atoms with van der Waals surface area (Å²) >= 11 is 0. The number of ether oxygens (including phenoxy) is 2. The number of hydrogen-bond donors (Lipinski definition) is 0. The van der Waals surface area contributed by atoms with Crippen molar-refractivity contribution in [1.82, 2.24) is 20.0 Å². The van der Waals surface area contributed by atoms with Crippen LogP contribution in [-0.4, -0.2) is 58.8 Å². The standard InChI is InChI=1S/C17H20N4O4/c1-11-19-16(25-20-11)17-6-9-24-13(17)5-8-21(10-17)15(22)12-4-3-7-18-14(12)23-2/h3-4,7,13H,5-6,8-10H2,1-2H3/t13-,17-/m0/s1. The van der Waals surface area contributed by atoms with Gasteiger partial charge in [-0.3, -0.25) is 4.79 Å². The predicted molar refractivity (Wildman–Crippen MR) is 86.4 cm³/mol. The number of aryl methyl sites for hydroxylation is 1. The fourth-order valence-electron chi connectivity index (χ4n) is 3.81. The second-order valence-electron chi connectivity index (χ2n) is 6.49. The number of carbonyl (C=O) groups excluding carboxylic acids is 1. The van der Waals surface area contributed by atoms with Gasteiger partial charge < -0.3 is 18.9 Å². The third-order valence-corrected chi connectivity index (χ3v) is 5.05. The molecule has 4 heterocycles. The predicted octanol–water partition coefficient (Wildman–Crippen LogP) is 1.35. The van der Waals surface area contributed by atoms with Crippen LogP contribution in [0.15, 0.2) is 22.9 Å². The average molecular weight is 344 g/mol. The van der Waals surface area contributed by atoms with Crippen molar-refractivity contribution >= 4 is 5.91 Å². The first-order valence-corrected chi connectivity index (χ1v) is 8.35. The largest absolute Gasteiger partial charge is 0.480 e. The van der Waals surface area contributed by atoms with E-state index >= 15 is 0 Å². The topological polar surface area (TPSA) is 90.6 Å². The molecule has 2 aromatic heterocycles. The van der Waals surface area contributed by atoms with Gasteiger partial charge in [-0.05, 0) is 31.9 Å². The summed E-state index contributed by atoms with van der Waals surface area (Å²) in [6, 6.07) is 3.47. The summed E-state index contributed by atoms with van der Waals surface area (Å²) in [7, 11) is 1.51. The van der Waals surface area contributed by atoms with Crippen LogP contribution >= 0.6 is 0 Å². The van der Waals surface area contributed by atoms with E-state index in [-0.39, 0.29) is 12.0 Å². The number of fused-ring (bicyclic) bond motifs is 1. The van der Waals surface area contributed by atoms with Crippen LogP contribution in [0.3, 0.4) is 0 Å². The summed E-state index contributed by atoms with van der Waals surface area (Å²) in [5.41, 5.74) is 0.0177. The zero-order valence-electron chi connectivity index (χ0n) is 14.3. The lowest BCUT2D eigenvalue weighted by Gasteiger charge is -2.41. The number of likely N-dealkylation sites (tertiary alicyclic amines) is 1. The van der Waals surface area contributed by atoms with Crippen LogP contribution in [0.2, 0.25) is 0 Å². The van der Waals surface area contributed by atoms with E-state index < -0.39 is 5.41 Å². The highest BCUT2D eigenvalue weighted by Gasteiger charge is 2.53. The molecule has 8 nitrogen and oxygen atoms in total. The molecule has 0 radical (unpaired) electrons. The SMILES string of the molecule is COc1ncccc1C(=O)N1CC[C@@H]2OCC[C@]2(c2nc(C)no2)C1. The number of piperidine rings is 1. The summed E-state index contributed by atoms with van der Waals surface area (Å²) in [5.74, 6) is 1.38. The number of carbonyl (C=O) groups is 1. The second kappa shape index (κ2) is 6.11. The smallest absolute Gasteiger partial charge is 0.259 e. The lowest BCUT2D eigenvalue weighted by atomic mass is 9.76. The molecular weight excluding hydrogens is 324 g/mol. The number of rotatable bonds is 3. The fraction of sp³-hybridized carbons (Fsp3) is 0.529. The maximum atomic E-state index is 13.0. The van der Waals surface area contributed by atoms with Crippen LogP contribution in [0, 0.1) is 6.92 Å². The van der Waals surface area contributed by atoms with Crippen molar-refractivity contribution in [1.29, 1.82) is 0 Å². The third-order valence-electron chi connectivity index (χ3n) is 5.05. The van der Waals surface area contributed by atoms with Crippen LogP contribution in [0.5, 0.6) is 5.88 Å². The molecule has 1 amide bonds. The number of amides is 1. The molecule has 2 saturated heterocycles. The molecule has 25 heavy (non-hydrogen) atoms. The zero-order valence-corrected chi connectivity index (χ0v) is 14.3. The molecule has 0 N–H and O–H groups in total. The highest BCUT2D eigenvalue weighted by molar-refractivity contribution is 5.96. The number of hydrogen-bond acceptors (Lipinski definition) is 7. The van der Waals surface area contributed by atoms with Gasteiger partial charge in [-0.25, -0.2) is 4.98 Å². The Kier molecular flexibility index (Phi) is 3.91. The van der Waals surface area contributed by atoms with Gasteiger partial charge >= 0.3 is 0 Å². The summed E-state index contributed by atoms with van der Waals surface area (Å²) in [6.07, 6.45) is 3.09. The van der Waals surface area contributed by atoms with Gasteiger partial charge in [-0.1, -0.05) is 5.16 Å². The van der Waals surface area contributed by atoms with Gasteiger partial charge in [0.1, 0.15) is 5.56 Å². The zero-order chi connectivity index (χ0) is 17.4. The molecule has 0 spiro atoms. The van der Waals surface area contributed by atoms with Crippen molar-refractivity contribution in [2.75, 3.05) is 26.8 Å². The van der Waals surface area contributed by atoms with Crippen molar-refractivity contribution in [2.45, 2.75) is 31.3 Å². The van der Waals surface area contributed by atoms with Gasteiger partial charge in [-0.15, -0.1) is 0 Å².